The fourth-order valence-electron chi connectivity index (χ4n) is 2.24. The van der Waals surface area contributed by atoms with Gasteiger partial charge in [0.2, 0.25) is 0 Å². The Hall–Kier alpha value is -1.32. The van der Waals surface area contributed by atoms with E-state index in [-0.39, 0.29) is 0 Å². The summed E-state index contributed by atoms with van der Waals surface area (Å²) in [6, 6.07) is 6.58. The smallest absolute Gasteiger partial charge is 0.194 e. The Morgan fingerprint density at radius 2 is 2.25 bits per heavy atom. The quantitative estimate of drug-likeness (QED) is 0.818. The van der Waals surface area contributed by atoms with E-state index in [1.807, 2.05) is 25.1 Å². The molecule has 0 radical (unpaired) electrons. The second-order valence-electron chi connectivity index (χ2n) is 5.41. The molecule has 106 valence electrons. The van der Waals surface area contributed by atoms with Gasteiger partial charge in [0.25, 0.3) is 0 Å². The Morgan fingerprint density at radius 1 is 1.40 bits per heavy atom. The fraction of sp³-hybridized carbons (Fsp3) is 0.438. The molecule has 3 rings (SSSR count). The third kappa shape index (κ3) is 3.41. The van der Waals surface area contributed by atoms with Crippen LogP contribution in [-0.2, 0) is 6.42 Å². The summed E-state index contributed by atoms with van der Waals surface area (Å²) in [5.41, 5.74) is 2.17. The number of halogens is 1. The van der Waals surface area contributed by atoms with Crippen LogP contribution in [0.1, 0.15) is 30.7 Å². The first-order valence-corrected chi connectivity index (χ1v) is 7.55. The van der Waals surface area contributed by atoms with E-state index < -0.39 is 0 Å². The average molecular weight is 291 g/mol. The van der Waals surface area contributed by atoms with Gasteiger partial charge in [-0.25, -0.2) is 4.98 Å². The average Bonchev–Trinajstić information content (AvgIpc) is 3.15. The van der Waals surface area contributed by atoms with E-state index in [4.69, 9.17) is 16.0 Å². The van der Waals surface area contributed by atoms with Crippen LogP contribution in [0.5, 0.6) is 0 Å². The normalized spacial score (nSPS) is 14.7. The first-order valence-electron chi connectivity index (χ1n) is 7.17. The van der Waals surface area contributed by atoms with Crippen molar-refractivity contribution < 1.29 is 4.42 Å². The second-order valence-corrected chi connectivity index (χ2v) is 5.85. The van der Waals surface area contributed by atoms with Gasteiger partial charge in [-0.05, 0) is 50.4 Å². The standard InChI is InChI=1S/C16H19ClN2O/c1-11-4-5-12(17)9-14(11)15-10-19-16(20-15)3-2-8-18-13-6-7-13/h4-5,9-10,13,18H,2-3,6-8H2,1H3. The van der Waals surface area contributed by atoms with Crippen LogP contribution in [0.4, 0.5) is 0 Å². The molecule has 0 amide bonds. The van der Waals surface area contributed by atoms with Gasteiger partial charge in [0.05, 0.1) is 6.20 Å². The molecule has 1 fully saturated rings. The highest BCUT2D eigenvalue weighted by molar-refractivity contribution is 6.30. The molecule has 0 saturated heterocycles. The van der Waals surface area contributed by atoms with Gasteiger partial charge in [-0.15, -0.1) is 0 Å². The molecule has 3 nitrogen and oxygen atoms in total. The van der Waals surface area contributed by atoms with Gasteiger partial charge < -0.3 is 9.73 Å². The fourth-order valence-corrected chi connectivity index (χ4v) is 2.42. The van der Waals surface area contributed by atoms with E-state index in [9.17, 15) is 0 Å². The van der Waals surface area contributed by atoms with E-state index in [0.717, 1.165) is 53.2 Å². The van der Waals surface area contributed by atoms with Crippen LogP contribution in [0.2, 0.25) is 5.02 Å². The number of nitrogens with zero attached hydrogens (tertiary/aromatic N) is 1. The summed E-state index contributed by atoms with van der Waals surface area (Å²) in [6.07, 6.45) is 6.39. The van der Waals surface area contributed by atoms with Crippen molar-refractivity contribution >= 4 is 11.6 Å². The molecular weight excluding hydrogens is 272 g/mol. The molecule has 1 aliphatic rings. The zero-order valence-electron chi connectivity index (χ0n) is 11.7. The van der Waals surface area contributed by atoms with Gasteiger partial charge in [0.15, 0.2) is 11.7 Å². The highest BCUT2D eigenvalue weighted by Gasteiger charge is 2.19. The zero-order valence-corrected chi connectivity index (χ0v) is 12.4. The summed E-state index contributed by atoms with van der Waals surface area (Å²) >= 11 is 6.04. The van der Waals surface area contributed by atoms with Crippen molar-refractivity contribution in [2.45, 2.75) is 38.6 Å². The Kier molecular flexibility index (Phi) is 4.08. The van der Waals surface area contributed by atoms with Crippen LogP contribution in [0, 0.1) is 6.92 Å². The Labute approximate surface area is 124 Å². The molecule has 1 aliphatic carbocycles. The van der Waals surface area contributed by atoms with Gasteiger partial charge in [-0.2, -0.15) is 0 Å². The molecule has 1 aromatic heterocycles. The van der Waals surface area contributed by atoms with E-state index in [1.165, 1.54) is 12.8 Å². The van der Waals surface area contributed by atoms with Gasteiger partial charge in [0, 0.05) is 23.0 Å². The summed E-state index contributed by atoms with van der Waals surface area (Å²) < 4.78 is 5.83. The minimum absolute atomic E-state index is 0.720. The van der Waals surface area contributed by atoms with Crippen LogP contribution in [0.3, 0.4) is 0 Å². The number of aryl methyl sites for hydroxylation is 2. The van der Waals surface area contributed by atoms with Crippen LogP contribution >= 0.6 is 11.6 Å². The van der Waals surface area contributed by atoms with Crippen molar-refractivity contribution in [3.63, 3.8) is 0 Å². The third-order valence-electron chi connectivity index (χ3n) is 3.60. The van der Waals surface area contributed by atoms with Crippen molar-refractivity contribution in [2.75, 3.05) is 6.54 Å². The number of benzene rings is 1. The first kappa shape index (κ1) is 13.7. The lowest BCUT2D eigenvalue weighted by atomic mass is 10.1. The Balaban J connectivity index is 1.61. The first-order chi connectivity index (χ1) is 9.72. The lowest BCUT2D eigenvalue weighted by molar-refractivity contribution is 0.491. The molecule has 0 bridgehead atoms. The maximum Gasteiger partial charge on any atom is 0.194 e. The van der Waals surface area contributed by atoms with Crippen molar-refractivity contribution in [1.82, 2.24) is 10.3 Å². The molecule has 0 atom stereocenters. The number of hydrogen-bond donors (Lipinski definition) is 1. The molecule has 1 N–H and O–H groups in total. The predicted octanol–water partition coefficient (Wildman–Crippen LogP) is 3.99. The van der Waals surface area contributed by atoms with E-state index in [2.05, 4.69) is 10.3 Å². The SMILES string of the molecule is Cc1ccc(Cl)cc1-c1cnc(CCCNC2CC2)o1. The van der Waals surface area contributed by atoms with E-state index in [0.29, 0.717) is 0 Å². The van der Waals surface area contributed by atoms with Crippen LogP contribution in [0.25, 0.3) is 11.3 Å². The molecule has 1 saturated carbocycles. The van der Waals surface area contributed by atoms with Crippen LogP contribution in [-0.4, -0.2) is 17.6 Å². The lowest BCUT2D eigenvalue weighted by Crippen LogP contribution is -2.17. The van der Waals surface area contributed by atoms with Crippen molar-refractivity contribution in [3.05, 3.63) is 40.9 Å². The maximum atomic E-state index is 6.04. The van der Waals surface area contributed by atoms with Gasteiger partial charge >= 0.3 is 0 Å². The van der Waals surface area contributed by atoms with Crippen molar-refractivity contribution in [2.24, 2.45) is 0 Å². The van der Waals surface area contributed by atoms with Gasteiger partial charge in [0.1, 0.15) is 0 Å². The zero-order chi connectivity index (χ0) is 13.9. The lowest BCUT2D eigenvalue weighted by Gasteiger charge is -2.02. The minimum atomic E-state index is 0.720. The monoisotopic (exact) mass is 290 g/mol. The Bertz CT molecular complexity index is 590. The molecular formula is C16H19ClN2O. The van der Waals surface area contributed by atoms with E-state index in [1.54, 1.807) is 6.20 Å². The highest BCUT2D eigenvalue weighted by Crippen LogP contribution is 2.27. The predicted molar refractivity (Wildman–Crippen MR) is 81.0 cm³/mol. The van der Waals surface area contributed by atoms with E-state index >= 15 is 0 Å². The number of hydrogen-bond acceptors (Lipinski definition) is 3. The summed E-state index contributed by atoms with van der Waals surface area (Å²) in [4.78, 5) is 4.36. The number of aromatic nitrogens is 1. The number of rotatable bonds is 6. The van der Waals surface area contributed by atoms with Crippen molar-refractivity contribution in [1.29, 1.82) is 0 Å². The number of nitrogens with one attached hydrogen (secondary N) is 1. The molecule has 0 unspecified atom stereocenters. The van der Waals surface area contributed by atoms with Gasteiger partial charge in [-0.3, -0.25) is 0 Å². The summed E-state index contributed by atoms with van der Waals surface area (Å²) in [7, 11) is 0. The number of oxazole rings is 1. The summed E-state index contributed by atoms with van der Waals surface area (Å²) in [6.45, 7) is 3.09. The molecule has 4 heteroatoms. The largest absolute Gasteiger partial charge is 0.441 e. The van der Waals surface area contributed by atoms with Crippen LogP contribution < -0.4 is 5.32 Å². The second kappa shape index (κ2) is 5.98. The highest BCUT2D eigenvalue weighted by atomic mass is 35.5. The van der Waals surface area contributed by atoms with Gasteiger partial charge in [-0.1, -0.05) is 17.7 Å². The molecule has 20 heavy (non-hydrogen) atoms. The van der Waals surface area contributed by atoms with Crippen molar-refractivity contribution in [3.8, 4) is 11.3 Å². The molecule has 2 aromatic rings. The minimum Gasteiger partial charge on any atom is -0.441 e. The molecule has 0 aliphatic heterocycles. The molecule has 0 spiro atoms. The Morgan fingerprint density at radius 3 is 3.05 bits per heavy atom. The van der Waals surface area contributed by atoms with Crippen LogP contribution in [0.15, 0.2) is 28.8 Å². The third-order valence-corrected chi connectivity index (χ3v) is 3.83. The topological polar surface area (TPSA) is 38.1 Å². The molecule has 1 heterocycles. The summed E-state index contributed by atoms with van der Waals surface area (Å²) in [5, 5.41) is 4.21. The summed E-state index contributed by atoms with van der Waals surface area (Å²) in [5.74, 6) is 1.60. The maximum absolute atomic E-state index is 6.04. The molecule has 1 aromatic carbocycles.